The Kier molecular flexibility index (Phi) is 2.88. The molecule has 0 aliphatic heterocycles. The van der Waals surface area contributed by atoms with Crippen LogP contribution in [0.15, 0.2) is 6.07 Å². The Morgan fingerprint density at radius 2 is 2.12 bits per heavy atom. The van der Waals surface area contributed by atoms with E-state index in [-0.39, 0.29) is 5.69 Å². The number of aromatic hydroxyl groups is 1. The number of nitrogens with zero attached hydrogens (tertiary/aromatic N) is 2. The lowest BCUT2D eigenvalue weighted by Gasteiger charge is -2.09. The zero-order valence-corrected chi connectivity index (χ0v) is 7.78. The van der Waals surface area contributed by atoms with E-state index >= 15 is 0 Å². The minimum absolute atomic E-state index is 0.326. The second-order valence-electron chi connectivity index (χ2n) is 2.72. The van der Waals surface area contributed by atoms with Crippen molar-refractivity contribution in [2.24, 2.45) is 0 Å². The van der Waals surface area contributed by atoms with E-state index in [1.165, 1.54) is 0 Å². The summed E-state index contributed by atoms with van der Waals surface area (Å²) in [6.45, 7) is 1.12. The summed E-state index contributed by atoms with van der Waals surface area (Å²) in [6.07, 6.45) is -5.04. The largest absolute Gasteiger partial charge is 0.573 e. The second-order valence-corrected chi connectivity index (χ2v) is 2.72. The van der Waals surface area contributed by atoms with E-state index in [1.54, 1.807) is 0 Å². The molecule has 0 atom stereocenters. The van der Waals surface area contributed by atoms with Crippen molar-refractivity contribution in [1.29, 1.82) is 0 Å². The average molecular weight is 238 g/mol. The molecule has 1 aromatic heterocycles. The SMILES string of the molecule is Cc1nc([N+](=O)[O-])cc(OC(F)(F)F)c1O. The Hall–Kier alpha value is -2.06. The number of halogens is 3. The number of ether oxygens (including phenoxy) is 1. The number of hydrogen-bond acceptors (Lipinski definition) is 5. The van der Waals surface area contributed by atoms with Crippen molar-refractivity contribution in [2.75, 3.05) is 0 Å². The van der Waals surface area contributed by atoms with Gasteiger partial charge in [-0.25, -0.2) is 0 Å². The van der Waals surface area contributed by atoms with Gasteiger partial charge in [-0.05, 0) is 9.91 Å². The number of hydrogen-bond donors (Lipinski definition) is 1. The standard InChI is InChI=1S/C7H5F3N2O4/c1-3-6(13)4(16-7(8,9)10)2-5(11-3)12(14)15/h2,13H,1H3. The molecule has 0 fully saturated rings. The fourth-order valence-corrected chi connectivity index (χ4v) is 0.917. The third kappa shape index (κ3) is 2.72. The smallest absolute Gasteiger partial charge is 0.501 e. The van der Waals surface area contributed by atoms with Crippen LogP contribution in [0.2, 0.25) is 0 Å². The van der Waals surface area contributed by atoms with Crippen LogP contribution in [-0.4, -0.2) is 21.4 Å². The van der Waals surface area contributed by atoms with Crippen LogP contribution in [0.3, 0.4) is 0 Å². The average Bonchev–Trinajstić information content (AvgIpc) is 2.10. The maximum Gasteiger partial charge on any atom is 0.573 e. The van der Waals surface area contributed by atoms with Gasteiger partial charge in [0.25, 0.3) is 0 Å². The molecule has 9 heteroatoms. The highest BCUT2D eigenvalue weighted by Crippen LogP contribution is 2.35. The Bertz CT molecular complexity index is 432. The molecule has 0 aliphatic rings. The molecule has 1 N–H and O–H groups in total. The van der Waals surface area contributed by atoms with E-state index in [2.05, 4.69) is 9.72 Å². The zero-order valence-electron chi connectivity index (χ0n) is 7.78. The summed E-state index contributed by atoms with van der Waals surface area (Å²) in [6, 6.07) is 0.399. The third-order valence-electron chi connectivity index (χ3n) is 1.53. The fraction of sp³-hybridized carbons (Fsp3) is 0.286. The van der Waals surface area contributed by atoms with Gasteiger partial charge in [0.15, 0.2) is 11.4 Å². The molecule has 1 heterocycles. The number of alkyl halides is 3. The first-order chi connectivity index (χ1) is 7.20. The number of aromatic nitrogens is 1. The van der Waals surface area contributed by atoms with E-state index < -0.39 is 28.6 Å². The molecule has 6 nitrogen and oxygen atoms in total. The minimum Gasteiger partial charge on any atom is -0.501 e. The van der Waals surface area contributed by atoms with Crippen molar-refractivity contribution >= 4 is 5.82 Å². The first-order valence-electron chi connectivity index (χ1n) is 3.81. The molecule has 0 saturated heterocycles. The van der Waals surface area contributed by atoms with Crippen LogP contribution in [0, 0.1) is 17.0 Å². The Morgan fingerprint density at radius 3 is 2.56 bits per heavy atom. The monoisotopic (exact) mass is 238 g/mol. The molecule has 1 rings (SSSR count). The zero-order chi connectivity index (χ0) is 12.5. The first kappa shape index (κ1) is 12.0. The first-order valence-corrected chi connectivity index (χ1v) is 3.81. The highest BCUT2D eigenvalue weighted by Gasteiger charge is 2.34. The van der Waals surface area contributed by atoms with Crippen molar-refractivity contribution < 1.29 is 27.9 Å². The predicted molar refractivity (Wildman–Crippen MR) is 44.0 cm³/mol. The van der Waals surface area contributed by atoms with Gasteiger partial charge in [0.05, 0.1) is 6.07 Å². The van der Waals surface area contributed by atoms with Crippen molar-refractivity contribution in [3.8, 4) is 11.5 Å². The van der Waals surface area contributed by atoms with E-state index in [0.717, 1.165) is 6.92 Å². The van der Waals surface area contributed by atoms with Crippen LogP contribution in [0.5, 0.6) is 11.5 Å². The summed E-state index contributed by atoms with van der Waals surface area (Å²) in [4.78, 5) is 12.6. The van der Waals surface area contributed by atoms with E-state index in [4.69, 9.17) is 5.11 Å². The Balaban J connectivity index is 3.22. The normalized spacial score (nSPS) is 11.2. The van der Waals surface area contributed by atoms with Crippen molar-refractivity contribution in [2.45, 2.75) is 13.3 Å². The minimum atomic E-state index is -5.04. The fourth-order valence-electron chi connectivity index (χ4n) is 0.917. The van der Waals surface area contributed by atoms with Crippen LogP contribution in [0.25, 0.3) is 0 Å². The maximum absolute atomic E-state index is 11.9. The van der Waals surface area contributed by atoms with Gasteiger partial charge in [-0.15, -0.1) is 13.2 Å². The lowest BCUT2D eigenvalue weighted by Crippen LogP contribution is -2.17. The molecule has 0 aliphatic carbocycles. The summed E-state index contributed by atoms with van der Waals surface area (Å²) in [5.41, 5.74) is -0.326. The van der Waals surface area contributed by atoms with Crippen molar-refractivity contribution in [3.63, 3.8) is 0 Å². The van der Waals surface area contributed by atoms with Crippen molar-refractivity contribution in [1.82, 2.24) is 4.98 Å². The van der Waals surface area contributed by atoms with Gasteiger partial charge < -0.3 is 20.0 Å². The molecule has 1 aromatic rings. The van der Waals surface area contributed by atoms with Crippen LogP contribution in [0.4, 0.5) is 19.0 Å². The van der Waals surface area contributed by atoms with Gasteiger partial charge in [-0.2, -0.15) is 0 Å². The topological polar surface area (TPSA) is 85.5 Å². The molecule has 0 aromatic carbocycles. The molecule has 0 unspecified atom stereocenters. The summed E-state index contributed by atoms with van der Waals surface area (Å²) in [7, 11) is 0. The molecular formula is C7H5F3N2O4. The quantitative estimate of drug-likeness (QED) is 0.628. The van der Waals surface area contributed by atoms with Crippen molar-refractivity contribution in [3.05, 3.63) is 21.9 Å². The van der Waals surface area contributed by atoms with Crippen LogP contribution < -0.4 is 4.74 Å². The molecule has 0 spiro atoms. The number of pyridine rings is 1. The van der Waals surface area contributed by atoms with Crippen LogP contribution in [-0.2, 0) is 0 Å². The predicted octanol–water partition coefficient (Wildman–Crippen LogP) is 1.90. The lowest BCUT2D eigenvalue weighted by molar-refractivity contribution is -0.389. The maximum atomic E-state index is 11.9. The number of nitro groups is 1. The van der Waals surface area contributed by atoms with Gasteiger partial charge in [0.1, 0.15) is 0 Å². The lowest BCUT2D eigenvalue weighted by atomic mass is 10.3. The van der Waals surface area contributed by atoms with Gasteiger partial charge in [-0.3, -0.25) is 0 Å². The summed E-state index contributed by atoms with van der Waals surface area (Å²) >= 11 is 0. The van der Waals surface area contributed by atoms with E-state index in [1.807, 2.05) is 0 Å². The molecule has 0 saturated carbocycles. The number of aryl methyl sites for hydroxylation is 1. The highest BCUT2D eigenvalue weighted by molar-refractivity contribution is 5.46. The molecule has 0 amide bonds. The molecule has 88 valence electrons. The van der Waals surface area contributed by atoms with Gasteiger partial charge in [-0.1, -0.05) is 0 Å². The van der Waals surface area contributed by atoms with Crippen LogP contribution >= 0.6 is 0 Å². The molecule has 16 heavy (non-hydrogen) atoms. The van der Waals surface area contributed by atoms with Gasteiger partial charge >= 0.3 is 12.2 Å². The number of rotatable bonds is 2. The highest BCUT2D eigenvalue weighted by atomic mass is 19.4. The molecular weight excluding hydrogens is 233 g/mol. The van der Waals surface area contributed by atoms with Gasteiger partial charge in [0.2, 0.25) is 5.75 Å². The Morgan fingerprint density at radius 1 is 1.56 bits per heavy atom. The second kappa shape index (κ2) is 3.83. The third-order valence-corrected chi connectivity index (χ3v) is 1.53. The summed E-state index contributed by atoms with van der Waals surface area (Å²) < 4.78 is 39.0. The molecule has 0 radical (unpaired) electrons. The van der Waals surface area contributed by atoms with E-state index in [9.17, 15) is 23.3 Å². The van der Waals surface area contributed by atoms with Gasteiger partial charge in [0, 0.05) is 6.92 Å². The summed E-state index contributed by atoms with van der Waals surface area (Å²) in [5.74, 6) is -2.77. The Labute approximate surface area is 86.4 Å². The van der Waals surface area contributed by atoms with E-state index in [0.29, 0.717) is 6.07 Å². The van der Waals surface area contributed by atoms with Crippen LogP contribution in [0.1, 0.15) is 5.69 Å². The molecule has 0 bridgehead atoms. The summed E-state index contributed by atoms with van der Waals surface area (Å²) in [5, 5.41) is 19.5.